The standard InChI is InChI=1S/C14H11ClN2O2/c15-12-5-9(1-4-14(12)19-11-2-3-11)13-6-10(7-18)16-8-17-13/h1,4-8,11H,2-3H2. The Kier molecular flexibility index (Phi) is 3.17. The summed E-state index contributed by atoms with van der Waals surface area (Å²) >= 11 is 6.19. The molecule has 1 saturated carbocycles. The molecule has 96 valence electrons. The number of halogens is 1. The van der Waals surface area contributed by atoms with Gasteiger partial charge in [0.25, 0.3) is 0 Å². The van der Waals surface area contributed by atoms with Crippen molar-refractivity contribution in [1.82, 2.24) is 9.97 Å². The highest BCUT2D eigenvalue weighted by atomic mass is 35.5. The van der Waals surface area contributed by atoms with Crippen LogP contribution in [0.4, 0.5) is 0 Å². The first-order valence-corrected chi connectivity index (χ1v) is 6.38. The Morgan fingerprint density at radius 2 is 2.11 bits per heavy atom. The number of ether oxygens (including phenoxy) is 1. The summed E-state index contributed by atoms with van der Waals surface area (Å²) in [6, 6.07) is 7.12. The Bertz CT molecular complexity index is 627. The van der Waals surface area contributed by atoms with Crippen molar-refractivity contribution < 1.29 is 9.53 Å². The molecule has 4 nitrogen and oxygen atoms in total. The summed E-state index contributed by atoms with van der Waals surface area (Å²) in [5.74, 6) is 0.692. The van der Waals surface area contributed by atoms with Crippen molar-refractivity contribution in [3.63, 3.8) is 0 Å². The van der Waals surface area contributed by atoms with Crippen LogP contribution in [-0.4, -0.2) is 22.4 Å². The van der Waals surface area contributed by atoms with Crippen LogP contribution in [-0.2, 0) is 0 Å². The number of nitrogens with zero attached hydrogens (tertiary/aromatic N) is 2. The monoisotopic (exact) mass is 274 g/mol. The van der Waals surface area contributed by atoms with Crippen LogP contribution in [0.25, 0.3) is 11.3 Å². The van der Waals surface area contributed by atoms with E-state index in [1.165, 1.54) is 6.33 Å². The van der Waals surface area contributed by atoms with Crippen LogP contribution in [0.15, 0.2) is 30.6 Å². The van der Waals surface area contributed by atoms with Gasteiger partial charge in [0.1, 0.15) is 17.8 Å². The molecule has 0 N–H and O–H groups in total. The molecule has 0 amide bonds. The summed E-state index contributed by atoms with van der Waals surface area (Å²) in [6.45, 7) is 0. The van der Waals surface area contributed by atoms with Gasteiger partial charge in [-0.25, -0.2) is 9.97 Å². The van der Waals surface area contributed by atoms with E-state index in [2.05, 4.69) is 9.97 Å². The Hall–Kier alpha value is -1.94. The summed E-state index contributed by atoms with van der Waals surface area (Å²) in [5.41, 5.74) is 1.84. The van der Waals surface area contributed by atoms with Gasteiger partial charge in [-0.2, -0.15) is 0 Å². The van der Waals surface area contributed by atoms with Gasteiger partial charge in [0.2, 0.25) is 0 Å². The molecule has 0 radical (unpaired) electrons. The molecule has 0 atom stereocenters. The summed E-state index contributed by atoms with van der Waals surface area (Å²) in [4.78, 5) is 18.7. The number of hydrogen-bond donors (Lipinski definition) is 0. The minimum Gasteiger partial charge on any atom is -0.489 e. The topological polar surface area (TPSA) is 52.1 Å². The van der Waals surface area contributed by atoms with Gasteiger partial charge in [0, 0.05) is 5.56 Å². The minimum atomic E-state index is 0.309. The summed E-state index contributed by atoms with van der Waals surface area (Å²) in [6.07, 6.45) is 4.54. The van der Waals surface area contributed by atoms with Crippen LogP contribution >= 0.6 is 11.6 Å². The van der Waals surface area contributed by atoms with Crippen molar-refractivity contribution >= 4 is 17.9 Å². The van der Waals surface area contributed by atoms with E-state index in [0.29, 0.717) is 34.6 Å². The van der Waals surface area contributed by atoms with Crippen LogP contribution < -0.4 is 4.74 Å². The molecule has 1 heterocycles. The van der Waals surface area contributed by atoms with E-state index in [-0.39, 0.29) is 0 Å². The Morgan fingerprint density at radius 1 is 1.26 bits per heavy atom. The first-order valence-electron chi connectivity index (χ1n) is 6.00. The molecule has 1 fully saturated rings. The number of hydrogen-bond acceptors (Lipinski definition) is 4. The summed E-state index contributed by atoms with van der Waals surface area (Å²) in [7, 11) is 0. The molecular formula is C14H11ClN2O2. The summed E-state index contributed by atoms with van der Waals surface area (Å²) < 4.78 is 5.67. The fraction of sp³-hybridized carbons (Fsp3) is 0.214. The van der Waals surface area contributed by atoms with Crippen molar-refractivity contribution in [3.05, 3.63) is 41.3 Å². The van der Waals surface area contributed by atoms with Crippen molar-refractivity contribution in [2.45, 2.75) is 18.9 Å². The van der Waals surface area contributed by atoms with Gasteiger partial charge in [0.05, 0.1) is 16.8 Å². The zero-order valence-corrected chi connectivity index (χ0v) is 10.8. The Balaban J connectivity index is 1.91. The highest BCUT2D eigenvalue weighted by Gasteiger charge is 2.24. The van der Waals surface area contributed by atoms with E-state index in [4.69, 9.17) is 16.3 Å². The quantitative estimate of drug-likeness (QED) is 0.804. The van der Waals surface area contributed by atoms with Gasteiger partial charge in [-0.3, -0.25) is 4.79 Å². The van der Waals surface area contributed by atoms with Crippen LogP contribution in [0.5, 0.6) is 5.75 Å². The first kappa shape index (κ1) is 12.1. The predicted molar refractivity (Wildman–Crippen MR) is 71.5 cm³/mol. The van der Waals surface area contributed by atoms with E-state index in [0.717, 1.165) is 18.4 Å². The molecule has 0 unspecified atom stereocenters. The van der Waals surface area contributed by atoms with Crippen LogP contribution in [0.3, 0.4) is 0 Å². The van der Waals surface area contributed by atoms with E-state index < -0.39 is 0 Å². The van der Waals surface area contributed by atoms with Crippen molar-refractivity contribution in [3.8, 4) is 17.0 Å². The highest BCUT2D eigenvalue weighted by molar-refractivity contribution is 6.32. The lowest BCUT2D eigenvalue weighted by Crippen LogP contribution is -1.97. The van der Waals surface area contributed by atoms with Gasteiger partial charge < -0.3 is 4.74 Å². The van der Waals surface area contributed by atoms with Gasteiger partial charge in [0.15, 0.2) is 6.29 Å². The molecule has 0 saturated heterocycles. The SMILES string of the molecule is O=Cc1cc(-c2ccc(OC3CC3)c(Cl)c2)ncn1. The minimum absolute atomic E-state index is 0.309. The van der Waals surface area contributed by atoms with Crippen molar-refractivity contribution in [2.75, 3.05) is 0 Å². The lowest BCUT2D eigenvalue weighted by atomic mass is 10.1. The van der Waals surface area contributed by atoms with Gasteiger partial charge in [-0.05, 0) is 37.1 Å². The third-order valence-electron chi connectivity index (χ3n) is 2.85. The molecule has 1 aliphatic rings. The largest absolute Gasteiger partial charge is 0.489 e. The second-order valence-corrected chi connectivity index (χ2v) is 4.82. The van der Waals surface area contributed by atoms with E-state index in [9.17, 15) is 4.79 Å². The van der Waals surface area contributed by atoms with Gasteiger partial charge in [-0.1, -0.05) is 11.6 Å². The average Bonchev–Trinajstić information content (AvgIpc) is 3.25. The molecule has 1 aromatic heterocycles. The van der Waals surface area contributed by atoms with E-state index >= 15 is 0 Å². The maximum Gasteiger partial charge on any atom is 0.168 e. The number of aldehydes is 1. The van der Waals surface area contributed by atoms with Crippen LogP contribution in [0.1, 0.15) is 23.3 Å². The fourth-order valence-electron chi connectivity index (χ4n) is 1.72. The van der Waals surface area contributed by atoms with E-state index in [1.54, 1.807) is 12.1 Å². The normalized spacial score (nSPS) is 14.2. The lowest BCUT2D eigenvalue weighted by molar-refractivity contribution is 0.111. The molecule has 19 heavy (non-hydrogen) atoms. The van der Waals surface area contributed by atoms with Crippen LogP contribution in [0, 0.1) is 0 Å². The molecule has 2 aromatic rings. The molecule has 3 rings (SSSR count). The van der Waals surface area contributed by atoms with Crippen LogP contribution in [0.2, 0.25) is 5.02 Å². The number of aromatic nitrogens is 2. The molecule has 1 aromatic carbocycles. The average molecular weight is 275 g/mol. The number of benzene rings is 1. The second kappa shape index (κ2) is 4.97. The Morgan fingerprint density at radius 3 is 2.79 bits per heavy atom. The number of carbonyl (C=O) groups is 1. The molecular weight excluding hydrogens is 264 g/mol. The maximum atomic E-state index is 10.7. The van der Waals surface area contributed by atoms with Crippen molar-refractivity contribution in [2.24, 2.45) is 0 Å². The van der Waals surface area contributed by atoms with E-state index in [1.807, 2.05) is 12.1 Å². The lowest BCUT2D eigenvalue weighted by Gasteiger charge is -2.08. The first-order chi connectivity index (χ1) is 9.26. The smallest absolute Gasteiger partial charge is 0.168 e. The summed E-state index contributed by atoms with van der Waals surface area (Å²) in [5, 5.41) is 0.552. The Labute approximate surface area is 115 Å². The zero-order chi connectivity index (χ0) is 13.2. The number of carbonyl (C=O) groups excluding carboxylic acids is 1. The van der Waals surface area contributed by atoms with Gasteiger partial charge >= 0.3 is 0 Å². The van der Waals surface area contributed by atoms with Crippen molar-refractivity contribution in [1.29, 1.82) is 0 Å². The third-order valence-corrected chi connectivity index (χ3v) is 3.15. The maximum absolute atomic E-state index is 10.7. The molecule has 0 spiro atoms. The predicted octanol–water partition coefficient (Wildman–Crippen LogP) is 3.15. The number of rotatable bonds is 4. The molecule has 1 aliphatic carbocycles. The molecule has 0 aliphatic heterocycles. The molecule has 0 bridgehead atoms. The highest BCUT2D eigenvalue weighted by Crippen LogP contribution is 2.34. The second-order valence-electron chi connectivity index (χ2n) is 4.41. The zero-order valence-electron chi connectivity index (χ0n) is 10.0. The molecule has 5 heteroatoms. The van der Waals surface area contributed by atoms with Gasteiger partial charge in [-0.15, -0.1) is 0 Å². The fourth-order valence-corrected chi connectivity index (χ4v) is 1.94. The third kappa shape index (κ3) is 2.74.